The predicted molar refractivity (Wildman–Crippen MR) is 81.8 cm³/mol. The van der Waals surface area contributed by atoms with Crippen molar-refractivity contribution in [2.24, 2.45) is 0 Å². The van der Waals surface area contributed by atoms with Crippen molar-refractivity contribution in [3.05, 3.63) is 63.9 Å². The molecule has 0 saturated heterocycles. The summed E-state index contributed by atoms with van der Waals surface area (Å²) in [6.07, 6.45) is 8.22. The van der Waals surface area contributed by atoms with E-state index in [1.165, 1.54) is 26.7 Å². The van der Waals surface area contributed by atoms with Crippen LogP contribution in [0.5, 0.6) is 0 Å². The number of nitrogens with zero attached hydrogens (tertiary/aromatic N) is 1. The zero-order valence-electron chi connectivity index (χ0n) is 9.77. The molecule has 92 valence electrons. The lowest BCUT2D eigenvalue weighted by atomic mass is 10.1. The van der Waals surface area contributed by atoms with Crippen LogP contribution in [-0.4, -0.2) is 4.98 Å². The van der Waals surface area contributed by atoms with E-state index in [1.807, 2.05) is 24.5 Å². The lowest BCUT2D eigenvalue weighted by molar-refractivity contribution is 1.08. The highest BCUT2D eigenvalue weighted by Crippen LogP contribution is 2.34. The molecule has 0 amide bonds. The number of fused-ring (bicyclic) bond motifs is 1. The van der Waals surface area contributed by atoms with Crippen LogP contribution in [0.3, 0.4) is 0 Å². The van der Waals surface area contributed by atoms with Gasteiger partial charge in [-0.2, -0.15) is 0 Å². The maximum atomic E-state index is 4.04. The number of hydrogen-bond donors (Lipinski definition) is 0. The maximum absolute atomic E-state index is 4.04. The zero-order valence-corrected chi connectivity index (χ0v) is 12.2. The molecular formula is C15H13BrClN. The molecule has 3 heteroatoms. The Hall–Kier alpha value is -1.12. The summed E-state index contributed by atoms with van der Waals surface area (Å²) >= 11 is 3.52. The second-order valence-corrected chi connectivity index (χ2v) is 5.17. The maximum Gasteiger partial charge on any atom is 0.0273 e. The molecule has 0 unspecified atom stereocenters. The van der Waals surface area contributed by atoms with Crippen molar-refractivity contribution in [3.63, 3.8) is 0 Å². The topological polar surface area (TPSA) is 12.9 Å². The largest absolute Gasteiger partial charge is 0.265 e. The third kappa shape index (κ3) is 2.65. The van der Waals surface area contributed by atoms with Gasteiger partial charge in [0.25, 0.3) is 0 Å². The normalized spacial score (nSPS) is 15.3. The minimum atomic E-state index is 0. The number of pyridine rings is 1. The Balaban J connectivity index is 0.00000120. The number of hydrogen-bond acceptors (Lipinski definition) is 1. The van der Waals surface area contributed by atoms with E-state index in [-0.39, 0.29) is 12.4 Å². The Labute approximate surface area is 121 Å². The first-order valence-electron chi connectivity index (χ1n) is 5.72. The molecule has 1 aromatic heterocycles. The first-order chi connectivity index (χ1) is 8.33. The smallest absolute Gasteiger partial charge is 0.0273 e. The predicted octanol–water partition coefficient (Wildman–Crippen LogP) is 4.75. The first kappa shape index (κ1) is 13.3. The fraction of sp³-hybridized carbons (Fsp3) is 0.133. The average molecular weight is 323 g/mol. The number of halogens is 2. The third-order valence-electron chi connectivity index (χ3n) is 3.12. The van der Waals surface area contributed by atoms with Crippen LogP contribution in [0.4, 0.5) is 0 Å². The van der Waals surface area contributed by atoms with Crippen LogP contribution < -0.4 is 0 Å². The quantitative estimate of drug-likeness (QED) is 0.738. The fourth-order valence-corrected chi connectivity index (χ4v) is 2.71. The SMILES string of the molecule is Brc1ccc2c(c1)CC/C2=C\c1ccncc1.Cl. The van der Waals surface area contributed by atoms with E-state index in [2.05, 4.69) is 45.2 Å². The monoisotopic (exact) mass is 321 g/mol. The van der Waals surface area contributed by atoms with Crippen molar-refractivity contribution in [2.45, 2.75) is 12.8 Å². The lowest BCUT2D eigenvalue weighted by Gasteiger charge is -2.02. The molecule has 1 heterocycles. The molecular weight excluding hydrogens is 310 g/mol. The van der Waals surface area contributed by atoms with Gasteiger partial charge in [0.2, 0.25) is 0 Å². The average Bonchev–Trinajstić information content (AvgIpc) is 2.73. The van der Waals surface area contributed by atoms with E-state index in [0.29, 0.717) is 0 Å². The van der Waals surface area contributed by atoms with Crippen LogP contribution in [0, 0.1) is 0 Å². The Bertz CT molecular complexity index is 578. The molecule has 0 N–H and O–H groups in total. The van der Waals surface area contributed by atoms with Crippen LogP contribution in [0.15, 0.2) is 47.2 Å². The van der Waals surface area contributed by atoms with Crippen LogP contribution in [0.25, 0.3) is 11.6 Å². The second kappa shape index (κ2) is 5.68. The highest BCUT2D eigenvalue weighted by atomic mass is 79.9. The first-order valence-corrected chi connectivity index (χ1v) is 6.51. The summed E-state index contributed by atoms with van der Waals surface area (Å²) in [7, 11) is 0. The van der Waals surface area contributed by atoms with Gasteiger partial charge in [0.15, 0.2) is 0 Å². The van der Waals surface area contributed by atoms with E-state index >= 15 is 0 Å². The van der Waals surface area contributed by atoms with Crippen LogP contribution >= 0.6 is 28.3 Å². The Kier molecular flexibility index (Phi) is 4.20. The molecule has 18 heavy (non-hydrogen) atoms. The van der Waals surface area contributed by atoms with Crippen molar-refractivity contribution in [1.82, 2.24) is 4.98 Å². The van der Waals surface area contributed by atoms with E-state index in [9.17, 15) is 0 Å². The van der Waals surface area contributed by atoms with Gasteiger partial charge in [-0.1, -0.05) is 28.1 Å². The summed E-state index contributed by atoms with van der Waals surface area (Å²) in [5, 5.41) is 0. The van der Waals surface area contributed by atoms with E-state index in [1.54, 1.807) is 0 Å². The molecule has 0 radical (unpaired) electrons. The van der Waals surface area contributed by atoms with Gasteiger partial charge in [-0.3, -0.25) is 4.98 Å². The molecule has 1 aliphatic rings. The molecule has 1 aromatic carbocycles. The van der Waals surface area contributed by atoms with Crippen LogP contribution in [0.2, 0.25) is 0 Å². The van der Waals surface area contributed by atoms with Crippen LogP contribution in [0.1, 0.15) is 23.1 Å². The highest BCUT2D eigenvalue weighted by Gasteiger charge is 2.15. The van der Waals surface area contributed by atoms with Crippen molar-refractivity contribution >= 4 is 40.0 Å². The third-order valence-corrected chi connectivity index (χ3v) is 3.62. The molecule has 0 aliphatic heterocycles. The summed E-state index contributed by atoms with van der Waals surface area (Å²) in [6.45, 7) is 0. The van der Waals surface area contributed by atoms with Gasteiger partial charge in [-0.25, -0.2) is 0 Å². The van der Waals surface area contributed by atoms with Crippen molar-refractivity contribution in [1.29, 1.82) is 0 Å². The lowest BCUT2D eigenvalue weighted by Crippen LogP contribution is -1.81. The summed E-state index contributed by atoms with van der Waals surface area (Å²) in [5.74, 6) is 0. The molecule has 0 atom stereocenters. The number of aromatic nitrogens is 1. The van der Waals surface area contributed by atoms with Gasteiger partial charge in [-0.05, 0) is 59.4 Å². The molecule has 1 aliphatic carbocycles. The molecule has 0 fully saturated rings. The van der Waals surface area contributed by atoms with Gasteiger partial charge in [0, 0.05) is 16.9 Å². The van der Waals surface area contributed by atoms with E-state index in [4.69, 9.17) is 0 Å². The standard InChI is InChI=1S/C15H12BrN.ClH/c16-14-3-4-15-12(1-2-13(15)10-14)9-11-5-7-17-8-6-11;/h3-10H,1-2H2;1H/b12-9+;. The van der Waals surface area contributed by atoms with Crippen molar-refractivity contribution in [2.75, 3.05) is 0 Å². The molecule has 0 saturated carbocycles. The minimum Gasteiger partial charge on any atom is -0.265 e. The Morgan fingerprint density at radius 1 is 1.06 bits per heavy atom. The molecule has 2 aromatic rings. The van der Waals surface area contributed by atoms with Crippen molar-refractivity contribution in [3.8, 4) is 0 Å². The van der Waals surface area contributed by atoms with Gasteiger partial charge in [-0.15, -0.1) is 12.4 Å². The number of benzene rings is 1. The molecule has 0 bridgehead atoms. The molecule has 3 rings (SSSR count). The Morgan fingerprint density at radius 3 is 2.61 bits per heavy atom. The fourth-order valence-electron chi connectivity index (χ4n) is 2.30. The second-order valence-electron chi connectivity index (χ2n) is 4.25. The summed E-state index contributed by atoms with van der Waals surface area (Å²) in [4.78, 5) is 4.04. The Morgan fingerprint density at radius 2 is 1.83 bits per heavy atom. The molecule has 1 nitrogen and oxygen atoms in total. The van der Waals surface area contributed by atoms with Gasteiger partial charge >= 0.3 is 0 Å². The molecule has 0 spiro atoms. The number of rotatable bonds is 1. The minimum absolute atomic E-state index is 0. The summed E-state index contributed by atoms with van der Waals surface area (Å²) < 4.78 is 1.17. The van der Waals surface area contributed by atoms with E-state index < -0.39 is 0 Å². The summed E-state index contributed by atoms with van der Waals surface area (Å²) in [6, 6.07) is 10.6. The van der Waals surface area contributed by atoms with Gasteiger partial charge in [0.1, 0.15) is 0 Å². The van der Waals surface area contributed by atoms with Gasteiger partial charge in [0.05, 0.1) is 0 Å². The van der Waals surface area contributed by atoms with E-state index in [0.717, 1.165) is 12.8 Å². The highest BCUT2D eigenvalue weighted by molar-refractivity contribution is 9.10. The number of allylic oxidation sites excluding steroid dienone is 1. The van der Waals surface area contributed by atoms with Crippen LogP contribution in [-0.2, 0) is 6.42 Å². The summed E-state index contributed by atoms with van der Waals surface area (Å²) in [5.41, 5.74) is 5.49. The number of aryl methyl sites for hydroxylation is 1. The van der Waals surface area contributed by atoms with Gasteiger partial charge < -0.3 is 0 Å². The zero-order chi connectivity index (χ0) is 11.7. The van der Waals surface area contributed by atoms with Crippen molar-refractivity contribution < 1.29 is 0 Å².